The van der Waals surface area contributed by atoms with Crippen LogP contribution in [0.1, 0.15) is 7.13 Å². The Hall–Kier alpha value is -2.85. The van der Waals surface area contributed by atoms with Gasteiger partial charge in [0.25, 0.3) is 0 Å². The topological polar surface area (TPSA) is 460 Å². The van der Waals surface area contributed by atoms with Gasteiger partial charge in [0.05, 0.1) is 0 Å². The van der Waals surface area contributed by atoms with Crippen LogP contribution in [-0.4, -0.2) is 131 Å². The molecule has 0 heterocycles. The van der Waals surface area contributed by atoms with Gasteiger partial charge >= 0.3 is 144 Å². The number of carbonyl (C=O) groups is 8. The first-order chi connectivity index (χ1) is 13.9. The fourth-order valence-corrected chi connectivity index (χ4v) is 0. The normalized spacial score (nSPS) is 5.19. The van der Waals surface area contributed by atoms with E-state index in [0.29, 0.717) is 0 Å². The molecule has 0 radical (unpaired) electrons. The zero-order valence-corrected chi connectivity index (χ0v) is 19.4. The van der Waals surface area contributed by atoms with Gasteiger partial charge in [0.2, 0.25) is 0 Å². The van der Waals surface area contributed by atoms with Gasteiger partial charge < -0.3 is 88.8 Å². The molecule has 0 aliphatic carbocycles. The van der Waals surface area contributed by atoms with E-state index in [2.05, 4.69) is 0 Å². The first kappa shape index (κ1) is 83.9. The maximum atomic E-state index is 8.56. The van der Waals surface area contributed by atoms with Crippen LogP contribution in [0.15, 0.2) is 0 Å². The van der Waals surface area contributed by atoms with Gasteiger partial charge in [-0.05, 0) is 0 Å². The van der Waals surface area contributed by atoms with Crippen LogP contribution >= 0.6 is 0 Å². The van der Waals surface area contributed by atoms with Gasteiger partial charge in [-0.2, -0.15) is 0 Å². The zero-order chi connectivity index (χ0) is 28.6. The van der Waals surface area contributed by atoms with Crippen LogP contribution in [0.4, 0.5) is 38.4 Å². The van der Waals surface area contributed by atoms with Crippen molar-refractivity contribution >= 4 is 49.2 Å². The van der Waals surface area contributed by atoms with Gasteiger partial charge in [0, 0.05) is 0 Å². The third-order valence-electron chi connectivity index (χ3n) is 0. The van der Waals surface area contributed by atoms with Gasteiger partial charge in [-0.3, -0.25) is 0 Å². The Morgan fingerprint density at radius 3 is 0.216 bits per heavy atom. The van der Waals surface area contributed by atoms with E-state index in [4.69, 9.17) is 120 Å². The number of hydrogen-bond acceptors (Lipinski definition) is 8. The van der Waals surface area contributed by atoms with E-state index >= 15 is 0 Å². The predicted molar refractivity (Wildman–Crippen MR) is 90.8 cm³/mol. The second-order valence-corrected chi connectivity index (χ2v) is 2.26. The molecular weight excluding hydrogens is 515 g/mol. The third kappa shape index (κ3) is 3950. The van der Waals surface area contributed by atoms with E-state index in [-0.39, 0.29) is 101 Å². The van der Waals surface area contributed by atoms with E-state index in [1.54, 1.807) is 0 Å². The molecule has 0 saturated carbocycles. The van der Waals surface area contributed by atoms with Crippen molar-refractivity contribution in [1.29, 1.82) is 0 Å². The Labute approximate surface area is 269 Å². The third-order valence-corrected chi connectivity index (χ3v) is 0. The fraction of sp³-hybridized carbons (Fsp3) is 0. The summed E-state index contributed by atoms with van der Waals surface area (Å²) in [6, 6.07) is 0. The summed E-state index contributed by atoms with van der Waals surface area (Å²) in [6.45, 7) is 0. The SMILES string of the molecule is O=C(O)O.O=C(O)O.O=C(O)O.O=C(O)O.O=C(O)O.O=C(O)O.O=C(O)O.O=C(O)O.[H-].[H-].[H-].[H-].[H-].[Li+].[Li+].[Li+].[Li+].[Li+]. The van der Waals surface area contributed by atoms with Crippen molar-refractivity contribution in [3.05, 3.63) is 0 Å². The molecule has 29 heteroatoms. The molecule has 0 aliphatic heterocycles. The summed E-state index contributed by atoms with van der Waals surface area (Å²) in [5.74, 6) is 0. The molecule has 16 N–H and O–H groups in total. The van der Waals surface area contributed by atoms with Crippen molar-refractivity contribution in [2.24, 2.45) is 0 Å². The molecule has 0 spiro atoms. The van der Waals surface area contributed by atoms with E-state index in [0.717, 1.165) is 0 Å². The van der Waals surface area contributed by atoms with Crippen LogP contribution in [0.3, 0.4) is 0 Å². The van der Waals surface area contributed by atoms with Crippen LogP contribution in [0.5, 0.6) is 0 Å². The molecule has 37 heavy (non-hydrogen) atoms. The standard InChI is InChI=1S/8CH2O3.5Li.5H/c8*2-1(3)4;;;;;;;;;;/h8*(H2,2,3,4);;;;;;;;;;/q;;;;;;;;5*+1;5*-1. The molecule has 0 fully saturated rings. The molecule has 0 amide bonds. The minimum atomic E-state index is -1.83. The Balaban J connectivity index is -0.00000000947. The predicted octanol–water partition coefficient (Wildman–Crippen LogP) is -12.6. The Bertz CT molecular complexity index is 397. The number of carboxylic acid groups (broad SMARTS) is 16. The summed E-state index contributed by atoms with van der Waals surface area (Å²) in [5, 5.41) is 112. The average molecular weight is 536 g/mol. The fourth-order valence-electron chi connectivity index (χ4n) is 0. The largest absolute Gasteiger partial charge is 1.00 e. The van der Waals surface area contributed by atoms with Crippen molar-refractivity contribution in [3.63, 3.8) is 0 Å². The number of hydrogen-bond donors (Lipinski definition) is 16. The van der Waals surface area contributed by atoms with Crippen molar-refractivity contribution in [2.45, 2.75) is 0 Å². The summed E-state index contributed by atoms with van der Waals surface area (Å²) in [7, 11) is 0. The number of rotatable bonds is 0. The maximum Gasteiger partial charge on any atom is 1.00 e. The van der Waals surface area contributed by atoms with Gasteiger partial charge in [-0.15, -0.1) is 0 Å². The van der Waals surface area contributed by atoms with Crippen LogP contribution < -0.4 is 94.3 Å². The summed E-state index contributed by atoms with van der Waals surface area (Å²) < 4.78 is 0. The summed E-state index contributed by atoms with van der Waals surface area (Å²) in [4.78, 5) is 68.4. The van der Waals surface area contributed by atoms with Gasteiger partial charge in [0.15, 0.2) is 0 Å². The molecule has 0 unspecified atom stereocenters. The van der Waals surface area contributed by atoms with E-state index in [9.17, 15) is 0 Å². The van der Waals surface area contributed by atoms with E-state index in [1.807, 2.05) is 0 Å². The molecule has 0 aromatic rings. The second kappa shape index (κ2) is 76.6. The summed E-state index contributed by atoms with van der Waals surface area (Å²) >= 11 is 0. The molecular formula is C8H21Li5O24. The Morgan fingerprint density at radius 2 is 0.216 bits per heavy atom. The first-order valence-electron chi connectivity index (χ1n) is 5.21. The van der Waals surface area contributed by atoms with Crippen LogP contribution in [-0.2, 0) is 0 Å². The van der Waals surface area contributed by atoms with Gasteiger partial charge in [0.1, 0.15) is 0 Å². The zero-order valence-electron chi connectivity index (χ0n) is 24.4. The van der Waals surface area contributed by atoms with E-state index < -0.39 is 49.2 Å². The molecule has 24 nitrogen and oxygen atoms in total. The minimum absolute atomic E-state index is 0. The van der Waals surface area contributed by atoms with Crippen LogP contribution in [0.25, 0.3) is 0 Å². The molecule has 0 bridgehead atoms. The van der Waals surface area contributed by atoms with E-state index in [1.165, 1.54) is 0 Å². The molecule has 0 saturated heterocycles. The molecule has 0 aromatic heterocycles. The molecule has 0 aliphatic rings. The second-order valence-electron chi connectivity index (χ2n) is 2.26. The monoisotopic (exact) mass is 536 g/mol. The summed E-state index contributed by atoms with van der Waals surface area (Å²) in [6.07, 6.45) is -14.7. The molecule has 0 atom stereocenters. The molecule has 0 rings (SSSR count). The average Bonchev–Trinajstić information content (AvgIpc) is 2.30. The van der Waals surface area contributed by atoms with Crippen molar-refractivity contribution in [3.8, 4) is 0 Å². The van der Waals surface area contributed by atoms with Crippen molar-refractivity contribution in [2.75, 3.05) is 0 Å². The van der Waals surface area contributed by atoms with Gasteiger partial charge in [-0.1, -0.05) is 0 Å². The Kier molecular flexibility index (Phi) is 174. The van der Waals surface area contributed by atoms with Crippen LogP contribution in [0.2, 0.25) is 0 Å². The minimum Gasteiger partial charge on any atom is -1.00 e. The summed E-state index contributed by atoms with van der Waals surface area (Å²) in [5.41, 5.74) is 0. The van der Waals surface area contributed by atoms with Crippen molar-refractivity contribution < 1.29 is 221 Å². The molecule has 202 valence electrons. The van der Waals surface area contributed by atoms with Crippen molar-refractivity contribution in [1.82, 2.24) is 0 Å². The van der Waals surface area contributed by atoms with Crippen LogP contribution in [0, 0.1) is 0 Å². The quantitative estimate of drug-likeness (QED) is 0.128. The smallest absolute Gasteiger partial charge is 1.00 e. The Morgan fingerprint density at radius 1 is 0.216 bits per heavy atom. The maximum absolute atomic E-state index is 8.56. The first-order valence-corrected chi connectivity index (χ1v) is 5.21. The van der Waals surface area contributed by atoms with Gasteiger partial charge in [-0.25, -0.2) is 38.4 Å². The molecule has 0 aromatic carbocycles.